The summed E-state index contributed by atoms with van der Waals surface area (Å²) < 4.78 is 6.68. The Hall–Kier alpha value is -3.23. The standard InChI is InChI=1S/C16H17N7O2/c1-11-18-15(20-25-11)14-6-3-8-22(14)16(24)19-12-4-2-5-13(10-12)23-9-7-17-21-23/h2,4-5,7,9-10,14H,3,6,8H2,1H3,(H,19,24)/t14-/m1/s1. The van der Waals surface area contributed by atoms with Crippen molar-refractivity contribution in [3.63, 3.8) is 0 Å². The molecule has 3 heterocycles. The van der Waals surface area contributed by atoms with Crippen LogP contribution in [0.25, 0.3) is 5.69 Å². The van der Waals surface area contributed by atoms with Crippen LogP contribution < -0.4 is 5.32 Å². The van der Waals surface area contributed by atoms with Gasteiger partial charge in [-0.05, 0) is 31.0 Å². The second-order valence-electron chi connectivity index (χ2n) is 5.85. The van der Waals surface area contributed by atoms with Gasteiger partial charge in [0.25, 0.3) is 0 Å². The van der Waals surface area contributed by atoms with Crippen LogP contribution in [-0.4, -0.2) is 42.6 Å². The highest BCUT2D eigenvalue weighted by Gasteiger charge is 2.33. The zero-order valence-electron chi connectivity index (χ0n) is 13.7. The second-order valence-corrected chi connectivity index (χ2v) is 5.85. The molecule has 1 fully saturated rings. The highest BCUT2D eigenvalue weighted by atomic mass is 16.5. The Labute approximate surface area is 143 Å². The molecule has 0 saturated carbocycles. The topological polar surface area (TPSA) is 102 Å². The number of likely N-dealkylation sites (tertiary alicyclic amines) is 1. The van der Waals surface area contributed by atoms with Gasteiger partial charge in [0.15, 0.2) is 5.82 Å². The van der Waals surface area contributed by atoms with Crippen molar-refractivity contribution in [1.29, 1.82) is 0 Å². The zero-order valence-corrected chi connectivity index (χ0v) is 13.7. The lowest BCUT2D eigenvalue weighted by molar-refractivity contribution is 0.204. The molecule has 2 amide bonds. The normalized spacial score (nSPS) is 17.0. The molecule has 0 unspecified atom stereocenters. The van der Waals surface area contributed by atoms with E-state index in [4.69, 9.17) is 4.52 Å². The Morgan fingerprint density at radius 1 is 1.40 bits per heavy atom. The Balaban J connectivity index is 1.51. The van der Waals surface area contributed by atoms with E-state index in [1.165, 1.54) is 0 Å². The summed E-state index contributed by atoms with van der Waals surface area (Å²) in [5.74, 6) is 1.06. The first kappa shape index (κ1) is 15.3. The number of nitrogens with one attached hydrogen (secondary N) is 1. The number of carbonyl (C=O) groups excluding carboxylic acids is 1. The first-order valence-electron chi connectivity index (χ1n) is 8.05. The predicted octanol–water partition coefficient (Wildman–Crippen LogP) is 2.33. The number of nitrogens with zero attached hydrogens (tertiary/aromatic N) is 6. The molecule has 9 nitrogen and oxygen atoms in total. The molecule has 2 aromatic heterocycles. The van der Waals surface area contributed by atoms with Gasteiger partial charge >= 0.3 is 6.03 Å². The van der Waals surface area contributed by atoms with E-state index < -0.39 is 0 Å². The molecule has 9 heteroatoms. The van der Waals surface area contributed by atoms with Crippen LogP contribution in [0, 0.1) is 6.92 Å². The van der Waals surface area contributed by atoms with Crippen LogP contribution in [0.5, 0.6) is 0 Å². The van der Waals surface area contributed by atoms with Crippen molar-refractivity contribution in [3.05, 3.63) is 48.4 Å². The van der Waals surface area contributed by atoms with Gasteiger partial charge in [0.1, 0.15) is 0 Å². The average molecular weight is 339 g/mol. The molecule has 3 aromatic rings. The summed E-state index contributed by atoms with van der Waals surface area (Å²) in [7, 11) is 0. The van der Waals surface area contributed by atoms with Crippen molar-refractivity contribution in [3.8, 4) is 5.69 Å². The minimum atomic E-state index is -0.180. The van der Waals surface area contributed by atoms with Crippen LogP contribution >= 0.6 is 0 Å². The van der Waals surface area contributed by atoms with Gasteiger partial charge in [-0.25, -0.2) is 9.48 Å². The number of urea groups is 1. The quantitative estimate of drug-likeness (QED) is 0.786. The van der Waals surface area contributed by atoms with Crippen LogP contribution in [0.15, 0.2) is 41.2 Å². The summed E-state index contributed by atoms with van der Waals surface area (Å²) >= 11 is 0. The first-order chi connectivity index (χ1) is 12.2. The van der Waals surface area contributed by atoms with Gasteiger partial charge < -0.3 is 14.7 Å². The van der Waals surface area contributed by atoms with E-state index in [1.54, 1.807) is 28.9 Å². The molecule has 0 radical (unpaired) electrons. The Bertz CT molecular complexity index is 874. The lowest BCUT2D eigenvalue weighted by Crippen LogP contribution is -2.34. The molecule has 1 aliphatic rings. The van der Waals surface area contributed by atoms with Crippen molar-refractivity contribution >= 4 is 11.7 Å². The molecule has 25 heavy (non-hydrogen) atoms. The number of anilines is 1. The van der Waals surface area contributed by atoms with E-state index in [2.05, 4.69) is 25.8 Å². The van der Waals surface area contributed by atoms with Crippen molar-refractivity contribution in [1.82, 2.24) is 30.0 Å². The summed E-state index contributed by atoms with van der Waals surface area (Å²) in [4.78, 5) is 18.7. The predicted molar refractivity (Wildman–Crippen MR) is 88.1 cm³/mol. The van der Waals surface area contributed by atoms with Gasteiger partial charge in [0.2, 0.25) is 5.89 Å². The van der Waals surface area contributed by atoms with Gasteiger partial charge in [-0.3, -0.25) is 0 Å². The van der Waals surface area contributed by atoms with Crippen LogP contribution in [-0.2, 0) is 0 Å². The SMILES string of the molecule is Cc1nc([C@H]2CCCN2C(=O)Nc2cccc(-n3ccnn3)c2)no1. The van der Waals surface area contributed by atoms with Crippen molar-refractivity contribution in [2.24, 2.45) is 0 Å². The molecule has 0 aliphatic carbocycles. The van der Waals surface area contributed by atoms with Crippen LogP contribution in [0.3, 0.4) is 0 Å². The van der Waals surface area contributed by atoms with E-state index in [9.17, 15) is 4.79 Å². The number of benzene rings is 1. The molecule has 1 aromatic carbocycles. The molecule has 1 N–H and O–H groups in total. The number of carbonyl (C=O) groups is 1. The third kappa shape index (κ3) is 3.08. The van der Waals surface area contributed by atoms with Crippen molar-refractivity contribution < 1.29 is 9.32 Å². The van der Waals surface area contributed by atoms with Gasteiger partial charge in [0, 0.05) is 19.2 Å². The maximum Gasteiger partial charge on any atom is 0.322 e. The summed E-state index contributed by atoms with van der Waals surface area (Å²) in [6, 6.07) is 7.09. The fraction of sp³-hybridized carbons (Fsp3) is 0.312. The van der Waals surface area contributed by atoms with E-state index in [1.807, 2.05) is 24.3 Å². The Kier molecular flexibility index (Phi) is 3.88. The molecule has 0 spiro atoms. The highest BCUT2D eigenvalue weighted by Crippen LogP contribution is 2.30. The summed E-state index contributed by atoms with van der Waals surface area (Å²) in [5, 5.41) is 14.6. The number of aromatic nitrogens is 5. The Morgan fingerprint density at radius 3 is 3.08 bits per heavy atom. The molecule has 1 aliphatic heterocycles. The smallest absolute Gasteiger partial charge is 0.322 e. The van der Waals surface area contributed by atoms with E-state index in [-0.39, 0.29) is 12.1 Å². The van der Waals surface area contributed by atoms with E-state index in [0.29, 0.717) is 23.9 Å². The second kappa shape index (κ2) is 6.34. The van der Waals surface area contributed by atoms with Crippen LogP contribution in [0.2, 0.25) is 0 Å². The average Bonchev–Trinajstić information content (AvgIpc) is 3.36. The molecular weight excluding hydrogens is 322 g/mol. The van der Waals surface area contributed by atoms with Gasteiger partial charge in [-0.1, -0.05) is 16.4 Å². The lowest BCUT2D eigenvalue weighted by Gasteiger charge is -2.22. The fourth-order valence-corrected chi connectivity index (χ4v) is 3.00. The zero-order chi connectivity index (χ0) is 17.2. The number of rotatable bonds is 3. The van der Waals surface area contributed by atoms with Crippen LogP contribution in [0.4, 0.5) is 10.5 Å². The largest absolute Gasteiger partial charge is 0.340 e. The lowest BCUT2D eigenvalue weighted by atomic mass is 10.2. The highest BCUT2D eigenvalue weighted by molar-refractivity contribution is 5.90. The van der Waals surface area contributed by atoms with Gasteiger partial charge in [-0.15, -0.1) is 5.10 Å². The summed E-state index contributed by atoms with van der Waals surface area (Å²) in [6.07, 6.45) is 5.08. The number of hydrogen-bond acceptors (Lipinski definition) is 6. The van der Waals surface area contributed by atoms with Gasteiger partial charge in [0.05, 0.1) is 24.1 Å². The maximum atomic E-state index is 12.7. The molecular formula is C16H17N7O2. The molecule has 0 bridgehead atoms. The number of hydrogen-bond donors (Lipinski definition) is 1. The molecule has 4 rings (SSSR count). The first-order valence-corrected chi connectivity index (χ1v) is 8.05. The summed E-state index contributed by atoms with van der Waals surface area (Å²) in [5.41, 5.74) is 1.51. The van der Waals surface area contributed by atoms with E-state index in [0.717, 1.165) is 18.5 Å². The maximum absolute atomic E-state index is 12.7. The minimum absolute atomic E-state index is 0.157. The molecule has 128 valence electrons. The monoisotopic (exact) mass is 339 g/mol. The molecule has 1 saturated heterocycles. The summed E-state index contributed by atoms with van der Waals surface area (Å²) in [6.45, 7) is 2.40. The molecule has 1 atom stereocenters. The van der Waals surface area contributed by atoms with Crippen molar-refractivity contribution in [2.45, 2.75) is 25.8 Å². The Morgan fingerprint density at radius 2 is 2.32 bits per heavy atom. The van der Waals surface area contributed by atoms with E-state index >= 15 is 0 Å². The minimum Gasteiger partial charge on any atom is -0.340 e. The van der Waals surface area contributed by atoms with Crippen molar-refractivity contribution in [2.75, 3.05) is 11.9 Å². The third-order valence-corrected chi connectivity index (χ3v) is 4.14. The number of amides is 2. The fourth-order valence-electron chi connectivity index (χ4n) is 3.00. The third-order valence-electron chi connectivity index (χ3n) is 4.14. The van der Waals surface area contributed by atoms with Gasteiger partial charge in [-0.2, -0.15) is 4.98 Å². The number of aryl methyl sites for hydroxylation is 1. The van der Waals surface area contributed by atoms with Crippen LogP contribution in [0.1, 0.15) is 30.6 Å².